The first kappa shape index (κ1) is 17.3. The first-order valence-electron chi connectivity index (χ1n) is 9.61. The van der Waals surface area contributed by atoms with Crippen LogP contribution in [0, 0.1) is 0 Å². The fourth-order valence-corrected chi connectivity index (χ4v) is 3.95. The SMILES string of the molecule is O=C(CN1CCN(Cc2ccccc2)CC1)N1CCc2ccccc2C1. The summed E-state index contributed by atoms with van der Waals surface area (Å²) in [5, 5.41) is 0. The molecule has 4 rings (SSSR count). The van der Waals surface area contributed by atoms with Gasteiger partial charge in [-0.2, -0.15) is 0 Å². The summed E-state index contributed by atoms with van der Waals surface area (Å²) in [5.74, 6) is 0.274. The van der Waals surface area contributed by atoms with Crippen molar-refractivity contribution in [1.82, 2.24) is 14.7 Å². The molecule has 1 fully saturated rings. The van der Waals surface area contributed by atoms with Gasteiger partial charge in [-0.3, -0.25) is 14.6 Å². The Labute approximate surface area is 156 Å². The topological polar surface area (TPSA) is 26.8 Å². The summed E-state index contributed by atoms with van der Waals surface area (Å²) in [6.45, 7) is 7.20. The minimum absolute atomic E-state index is 0.274. The van der Waals surface area contributed by atoms with E-state index in [1.165, 1.54) is 16.7 Å². The fourth-order valence-electron chi connectivity index (χ4n) is 3.95. The molecule has 4 nitrogen and oxygen atoms in total. The van der Waals surface area contributed by atoms with Crippen LogP contribution in [-0.4, -0.2) is 59.9 Å². The summed E-state index contributed by atoms with van der Waals surface area (Å²) in [6, 6.07) is 19.1. The Balaban J connectivity index is 1.25. The van der Waals surface area contributed by atoms with Crippen molar-refractivity contribution in [2.24, 2.45) is 0 Å². The second-order valence-electron chi connectivity index (χ2n) is 7.37. The molecule has 1 saturated heterocycles. The normalized spacial score (nSPS) is 18.5. The predicted octanol–water partition coefficient (Wildman–Crippen LogP) is 2.39. The number of hydrogen-bond acceptors (Lipinski definition) is 3. The van der Waals surface area contributed by atoms with Crippen LogP contribution in [-0.2, 0) is 24.3 Å². The van der Waals surface area contributed by atoms with Gasteiger partial charge in [0.15, 0.2) is 0 Å². The van der Waals surface area contributed by atoms with Crippen molar-refractivity contribution >= 4 is 5.91 Å². The first-order chi connectivity index (χ1) is 12.8. The molecule has 0 aliphatic carbocycles. The average molecular weight is 349 g/mol. The smallest absolute Gasteiger partial charge is 0.237 e. The van der Waals surface area contributed by atoms with Crippen LogP contribution in [0.1, 0.15) is 16.7 Å². The van der Waals surface area contributed by atoms with E-state index >= 15 is 0 Å². The maximum absolute atomic E-state index is 12.7. The summed E-state index contributed by atoms with van der Waals surface area (Å²) >= 11 is 0. The summed E-state index contributed by atoms with van der Waals surface area (Å²) in [5.41, 5.74) is 4.06. The average Bonchev–Trinajstić information content (AvgIpc) is 2.70. The number of carbonyl (C=O) groups is 1. The van der Waals surface area contributed by atoms with E-state index in [9.17, 15) is 4.79 Å². The van der Waals surface area contributed by atoms with Gasteiger partial charge in [-0.25, -0.2) is 0 Å². The zero-order chi connectivity index (χ0) is 17.8. The lowest BCUT2D eigenvalue weighted by Crippen LogP contribution is -2.50. The van der Waals surface area contributed by atoms with Crippen molar-refractivity contribution in [2.75, 3.05) is 39.3 Å². The van der Waals surface area contributed by atoms with Gasteiger partial charge in [0.1, 0.15) is 0 Å². The molecular weight excluding hydrogens is 322 g/mol. The Hall–Kier alpha value is -2.17. The molecule has 136 valence electrons. The van der Waals surface area contributed by atoms with Gasteiger partial charge in [-0.15, -0.1) is 0 Å². The molecule has 2 aliphatic rings. The molecule has 2 aromatic carbocycles. The predicted molar refractivity (Wildman–Crippen MR) is 104 cm³/mol. The molecule has 0 unspecified atom stereocenters. The van der Waals surface area contributed by atoms with E-state index in [4.69, 9.17) is 0 Å². The third kappa shape index (κ3) is 4.14. The van der Waals surface area contributed by atoms with E-state index < -0.39 is 0 Å². The van der Waals surface area contributed by atoms with Gasteiger partial charge in [0, 0.05) is 45.8 Å². The molecule has 0 N–H and O–H groups in total. The number of amides is 1. The van der Waals surface area contributed by atoms with Gasteiger partial charge in [-0.05, 0) is 23.1 Å². The highest BCUT2D eigenvalue weighted by atomic mass is 16.2. The zero-order valence-electron chi connectivity index (χ0n) is 15.3. The number of nitrogens with zero attached hydrogens (tertiary/aromatic N) is 3. The van der Waals surface area contributed by atoms with Crippen LogP contribution in [0.15, 0.2) is 54.6 Å². The van der Waals surface area contributed by atoms with Gasteiger partial charge in [0.05, 0.1) is 6.54 Å². The van der Waals surface area contributed by atoms with Crippen LogP contribution in [0.4, 0.5) is 0 Å². The lowest BCUT2D eigenvalue weighted by Gasteiger charge is -2.36. The van der Waals surface area contributed by atoms with Crippen molar-refractivity contribution in [3.05, 3.63) is 71.3 Å². The Morgan fingerprint density at radius 2 is 1.42 bits per heavy atom. The van der Waals surface area contributed by atoms with E-state index in [1.807, 2.05) is 4.90 Å². The van der Waals surface area contributed by atoms with Crippen LogP contribution in [0.5, 0.6) is 0 Å². The largest absolute Gasteiger partial charge is 0.337 e. The van der Waals surface area contributed by atoms with E-state index in [0.717, 1.165) is 52.2 Å². The van der Waals surface area contributed by atoms with Crippen LogP contribution in [0.3, 0.4) is 0 Å². The third-order valence-electron chi connectivity index (χ3n) is 5.56. The van der Waals surface area contributed by atoms with Crippen molar-refractivity contribution in [3.63, 3.8) is 0 Å². The zero-order valence-corrected chi connectivity index (χ0v) is 15.3. The van der Waals surface area contributed by atoms with Crippen LogP contribution in [0.25, 0.3) is 0 Å². The number of carbonyl (C=O) groups excluding carboxylic acids is 1. The minimum Gasteiger partial charge on any atom is -0.337 e. The number of piperazine rings is 1. The van der Waals surface area contributed by atoms with Crippen molar-refractivity contribution in [1.29, 1.82) is 0 Å². The Bertz CT molecular complexity index is 738. The molecule has 0 atom stereocenters. The standard InChI is InChI=1S/C22H27N3O/c26-22(25-11-10-20-8-4-5-9-21(20)17-25)18-24-14-12-23(13-15-24)16-19-6-2-1-3-7-19/h1-9H,10-18H2. The second-order valence-corrected chi connectivity index (χ2v) is 7.37. The molecule has 1 amide bonds. The first-order valence-corrected chi connectivity index (χ1v) is 9.61. The lowest BCUT2D eigenvalue weighted by atomic mass is 10.00. The van der Waals surface area contributed by atoms with Crippen LogP contribution >= 0.6 is 0 Å². The van der Waals surface area contributed by atoms with Crippen LogP contribution < -0.4 is 0 Å². The van der Waals surface area contributed by atoms with Gasteiger partial charge in [0.2, 0.25) is 5.91 Å². The minimum atomic E-state index is 0.274. The second kappa shape index (κ2) is 8.02. The summed E-state index contributed by atoms with van der Waals surface area (Å²) in [7, 11) is 0. The molecule has 0 radical (unpaired) electrons. The van der Waals surface area contributed by atoms with Gasteiger partial charge in [0.25, 0.3) is 0 Å². The molecule has 2 aliphatic heterocycles. The lowest BCUT2D eigenvalue weighted by molar-refractivity contribution is -0.133. The maximum Gasteiger partial charge on any atom is 0.237 e. The number of benzene rings is 2. The monoisotopic (exact) mass is 349 g/mol. The summed E-state index contributed by atoms with van der Waals surface area (Å²) < 4.78 is 0. The highest BCUT2D eigenvalue weighted by Crippen LogP contribution is 2.19. The van der Waals surface area contributed by atoms with Gasteiger partial charge < -0.3 is 4.90 Å². The molecule has 2 aromatic rings. The highest BCUT2D eigenvalue weighted by molar-refractivity contribution is 5.78. The van der Waals surface area contributed by atoms with Gasteiger partial charge in [-0.1, -0.05) is 54.6 Å². The van der Waals surface area contributed by atoms with Crippen molar-refractivity contribution in [3.8, 4) is 0 Å². The quantitative estimate of drug-likeness (QED) is 0.848. The fraction of sp³-hybridized carbons (Fsp3) is 0.409. The van der Waals surface area contributed by atoms with E-state index in [-0.39, 0.29) is 5.91 Å². The molecule has 26 heavy (non-hydrogen) atoms. The van der Waals surface area contributed by atoms with E-state index in [1.54, 1.807) is 0 Å². The molecule has 2 heterocycles. The molecule has 0 spiro atoms. The number of fused-ring (bicyclic) bond motifs is 1. The number of rotatable bonds is 4. The molecule has 4 heteroatoms. The Morgan fingerprint density at radius 3 is 2.19 bits per heavy atom. The molecule has 0 bridgehead atoms. The van der Waals surface area contributed by atoms with Crippen LogP contribution in [0.2, 0.25) is 0 Å². The molecular formula is C22H27N3O. The highest BCUT2D eigenvalue weighted by Gasteiger charge is 2.24. The Kier molecular flexibility index (Phi) is 5.32. The van der Waals surface area contributed by atoms with Crippen molar-refractivity contribution < 1.29 is 4.79 Å². The summed E-state index contributed by atoms with van der Waals surface area (Å²) in [6.07, 6.45) is 0.979. The number of hydrogen-bond donors (Lipinski definition) is 0. The van der Waals surface area contributed by atoms with Crippen molar-refractivity contribution in [2.45, 2.75) is 19.5 Å². The molecule has 0 aromatic heterocycles. The Morgan fingerprint density at radius 1 is 0.769 bits per heavy atom. The van der Waals surface area contributed by atoms with E-state index in [2.05, 4.69) is 64.4 Å². The maximum atomic E-state index is 12.7. The van der Waals surface area contributed by atoms with E-state index in [0.29, 0.717) is 6.54 Å². The molecule has 0 saturated carbocycles. The summed E-state index contributed by atoms with van der Waals surface area (Å²) in [4.78, 5) is 19.5. The third-order valence-corrected chi connectivity index (χ3v) is 5.56. The van der Waals surface area contributed by atoms with Gasteiger partial charge >= 0.3 is 0 Å².